The minimum absolute atomic E-state index is 0.556. The van der Waals surface area contributed by atoms with E-state index in [1.54, 1.807) is 0 Å². The van der Waals surface area contributed by atoms with Gasteiger partial charge in [0.1, 0.15) is 0 Å². The molecule has 154 valence electrons. The molecule has 1 aliphatic carbocycles. The zero-order valence-corrected chi connectivity index (χ0v) is 21.0. The van der Waals surface area contributed by atoms with Crippen molar-refractivity contribution in [3.8, 4) is 11.1 Å². The zero-order chi connectivity index (χ0) is 22.2. The topological polar surface area (TPSA) is 0 Å². The number of rotatable bonds is 1. The van der Waals surface area contributed by atoms with E-state index in [1.165, 1.54) is 49.3 Å². The maximum atomic E-state index is 4.89. The van der Waals surface area contributed by atoms with Gasteiger partial charge < -0.3 is 0 Å². The van der Waals surface area contributed by atoms with Crippen molar-refractivity contribution in [3.63, 3.8) is 0 Å². The second kappa shape index (κ2) is 11.8. The van der Waals surface area contributed by atoms with E-state index in [0.717, 1.165) is 6.42 Å². The third kappa shape index (κ3) is 5.99. The quantitative estimate of drug-likeness (QED) is 0.147. The number of hydrogen-bond donors (Lipinski definition) is 0. The Hall–Kier alpha value is -1.63. The third-order valence-electron chi connectivity index (χ3n) is 5.22. The average Bonchev–Trinajstić information content (AvgIpc) is 3.33. The Kier molecular flexibility index (Phi) is 9.17. The number of halogens is 2. The number of allylic oxidation sites excluding steroid dienone is 4. The summed E-state index contributed by atoms with van der Waals surface area (Å²) >= 11 is -0.556. The van der Waals surface area contributed by atoms with Crippen molar-refractivity contribution in [1.29, 1.82) is 0 Å². The first-order chi connectivity index (χ1) is 15.1. The first-order valence-electron chi connectivity index (χ1n) is 10.1. The summed E-state index contributed by atoms with van der Waals surface area (Å²) in [5.74, 6) is 3.26. The third-order valence-corrected chi connectivity index (χ3v) is 5.22. The van der Waals surface area contributed by atoms with Gasteiger partial charge in [-0.05, 0) is 0 Å². The Balaban J connectivity index is 0.000000290. The van der Waals surface area contributed by atoms with Crippen LogP contribution in [0.15, 0.2) is 72.8 Å². The van der Waals surface area contributed by atoms with Gasteiger partial charge in [0.05, 0.1) is 0 Å². The molecule has 0 aliphatic heterocycles. The average molecular weight is 477 g/mol. The Bertz CT molecular complexity index is 1160. The van der Waals surface area contributed by atoms with Gasteiger partial charge in [-0.2, -0.15) is 6.08 Å². The maximum absolute atomic E-state index is 4.89. The first kappa shape index (κ1) is 24.0. The molecule has 0 radical (unpaired) electrons. The zero-order valence-electron chi connectivity index (χ0n) is 18.0. The van der Waals surface area contributed by atoms with Crippen LogP contribution in [0.4, 0.5) is 0 Å². The molecule has 0 atom stereocenters. The van der Waals surface area contributed by atoms with Gasteiger partial charge in [-0.3, -0.25) is 6.08 Å². The SMILES string of the molecule is Cc1cc(C)c(-c2c3b[c-]ccc3cc3ccccc23)c(C)c1.[C-]1=CC=CC1.[Cl][Ti][Cl]. The number of hydrogen-bond acceptors (Lipinski definition) is 0. The van der Waals surface area contributed by atoms with Crippen LogP contribution in [0.3, 0.4) is 0 Å². The molecule has 0 N–H and O–H groups in total. The summed E-state index contributed by atoms with van der Waals surface area (Å²) in [6.07, 6.45) is 10.0. The molecule has 4 heteroatoms. The van der Waals surface area contributed by atoms with E-state index < -0.39 is 17.0 Å². The van der Waals surface area contributed by atoms with E-state index in [0.29, 0.717) is 0 Å². The molecule has 1 aliphatic rings. The van der Waals surface area contributed by atoms with Gasteiger partial charge in [-0.25, -0.2) is 12.2 Å². The van der Waals surface area contributed by atoms with Gasteiger partial charge >= 0.3 is 173 Å². The van der Waals surface area contributed by atoms with Crippen molar-refractivity contribution >= 4 is 47.0 Å². The number of aryl methyl sites for hydroxylation is 3. The van der Waals surface area contributed by atoms with E-state index in [9.17, 15) is 0 Å². The van der Waals surface area contributed by atoms with Crippen molar-refractivity contribution in [3.05, 3.63) is 102 Å². The molecule has 0 amide bonds. The van der Waals surface area contributed by atoms with Gasteiger partial charge in [-0.15, -0.1) is 6.42 Å². The van der Waals surface area contributed by atoms with Crippen LogP contribution in [0.5, 0.6) is 0 Å². The van der Waals surface area contributed by atoms with Crippen molar-refractivity contribution in [2.45, 2.75) is 27.2 Å². The van der Waals surface area contributed by atoms with Crippen LogP contribution in [-0.2, 0) is 17.0 Å². The first-order valence-corrected chi connectivity index (χ1v) is 14.4. The molecule has 0 fully saturated rings. The normalized spacial score (nSPS) is 11.5. The number of benzene rings is 3. The Morgan fingerprint density at radius 2 is 1.61 bits per heavy atom. The molecule has 5 rings (SSSR count). The van der Waals surface area contributed by atoms with Crippen LogP contribution in [-0.4, -0.2) is 6.91 Å². The van der Waals surface area contributed by atoms with Crippen molar-refractivity contribution in [1.82, 2.24) is 0 Å². The summed E-state index contributed by atoms with van der Waals surface area (Å²) < 4.78 is 0. The predicted octanol–water partition coefficient (Wildman–Crippen LogP) is 8.41. The van der Waals surface area contributed by atoms with Crippen LogP contribution < -0.4 is 0 Å². The predicted molar refractivity (Wildman–Crippen MR) is 135 cm³/mol. The summed E-state index contributed by atoms with van der Waals surface area (Å²) in [7, 11) is 9.78. The molecule has 0 nitrogen and oxygen atoms in total. The van der Waals surface area contributed by atoms with Crippen LogP contribution in [0.2, 0.25) is 0 Å². The summed E-state index contributed by atoms with van der Waals surface area (Å²) in [6, 6.07) is 19.7. The Morgan fingerprint density at radius 3 is 2.23 bits per heavy atom. The summed E-state index contributed by atoms with van der Waals surface area (Å²) in [4.78, 5) is 0. The van der Waals surface area contributed by atoms with Crippen LogP contribution in [0.1, 0.15) is 23.1 Å². The second-order valence-electron chi connectivity index (χ2n) is 7.47. The van der Waals surface area contributed by atoms with Crippen molar-refractivity contribution in [2.24, 2.45) is 0 Å². The van der Waals surface area contributed by atoms with Crippen molar-refractivity contribution < 1.29 is 17.0 Å². The standard InChI is InChI=1S/C22H18B.C5H5.2ClH.Ti/c1-14-11-15(2)20(16(3)12-14)21-19-9-5-4-7-17(19)13-18-8-6-10-23-22(18)21;1-2-4-5-3-1;;;/h4-9,11-13H,1-3H3;1-3H,4H2;2*1H;/q2*-1;;;+2/p-2. The molecule has 4 aromatic rings. The molecule has 0 unspecified atom stereocenters. The molecule has 1 heterocycles. The molecule has 0 bridgehead atoms. The Labute approximate surface area is 202 Å². The molecular weight excluding hydrogens is 454 g/mol. The van der Waals surface area contributed by atoms with E-state index in [-0.39, 0.29) is 0 Å². The number of fused-ring (bicyclic) bond motifs is 2. The molecule has 1 aromatic heterocycles. The van der Waals surface area contributed by atoms with Gasteiger partial charge in [0, 0.05) is 0 Å². The Morgan fingerprint density at radius 1 is 0.903 bits per heavy atom. The van der Waals surface area contributed by atoms with Crippen LogP contribution in [0, 0.1) is 32.8 Å². The molecule has 0 saturated heterocycles. The van der Waals surface area contributed by atoms with Gasteiger partial charge in [0.2, 0.25) is 0 Å². The van der Waals surface area contributed by atoms with Gasteiger partial charge in [-0.1, -0.05) is 0 Å². The molecule has 0 spiro atoms. The minimum atomic E-state index is -0.556. The fourth-order valence-electron chi connectivity index (χ4n) is 4.13. The summed E-state index contributed by atoms with van der Waals surface area (Å²) in [6.45, 7) is 8.72. The van der Waals surface area contributed by atoms with E-state index in [2.05, 4.69) is 94.3 Å². The van der Waals surface area contributed by atoms with E-state index >= 15 is 0 Å². The summed E-state index contributed by atoms with van der Waals surface area (Å²) in [5, 5.41) is 5.16. The summed E-state index contributed by atoms with van der Waals surface area (Å²) in [5.41, 5.74) is 6.69. The van der Waals surface area contributed by atoms with E-state index in [4.69, 9.17) is 18.6 Å². The fourth-order valence-corrected chi connectivity index (χ4v) is 4.13. The fraction of sp³-hybridized carbons (Fsp3) is 0.148. The molecule has 3 aromatic carbocycles. The van der Waals surface area contributed by atoms with Crippen LogP contribution >= 0.6 is 18.6 Å². The van der Waals surface area contributed by atoms with Crippen molar-refractivity contribution in [2.75, 3.05) is 0 Å². The molecular formula is C27H23BCl2Ti-2. The van der Waals surface area contributed by atoms with Gasteiger partial charge in [0.15, 0.2) is 0 Å². The molecule has 31 heavy (non-hydrogen) atoms. The van der Waals surface area contributed by atoms with Gasteiger partial charge in [0.25, 0.3) is 0 Å². The second-order valence-corrected chi connectivity index (χ2v) is 10.0. The van der Waals surface area contributed by atoms with E-state index in [1.807, 2.05) is 18.2 Å². The van der Waals surface area contributed by atoms with Crippen LogP contribution in [0.25, 0.3) is 32.6 Å². The molecule has 0 saturated carbocycles. The monoisotopic (exact) mass is 476 g/mol.